The molecule has 3 amide bonds. The molecule has 1 aromatic carbocycles. The van der Waals surface area contributed by atoms with Crippen LogP contribution in [0, 0.1) is 0 Å². The van der Waals surface area contributed by atoms with Gasteiger partial charge in [0.25, 0.3) is 5.91 Å². The summed E-state index contributed by atoms with van der Waals surface area (Å²) in [7, 11) is 0. The maximum absolute atomic E-state index is 12.5. The summed E-state index contributed by atoms with van der Waals surface area (Å²) in [6.07, 6.45) is 0. The number of amides is 3. The van der Waals surface area contributed by atoms with Crippen LogP contribution in [0.3, 0.4) is 0 Å². The van der Waals surface area contributed by atoms with Crippen molar-refractivity contribution in [2.75, 3.05) is 19.8 Å². The monoisotopic (exact) mass is 340 g/mol. The fourth-order valence-corrected chi connectivity index (χ4v) is 2.59. The van der Waals surface area contributed by atoms with Crippen LogP contribution in [-0.2, 0) is 15.1 Å². The Kier molecular flexibility index (Phi) is 4.45. The molecule has 0 radical (unpaired) electrons. The van der Waals surface area contributed by atoms with E-state index in [0.717, 1.165) is 10.0 Å². The predicted molar refractivity (Wildman–Crippen MR) is 78.2 cm³/mol. The van der Waals surface area contributed by atoms with Gasteiger partial charge in [0, 0.05) is 11.1 Å². The van der Waals surface area contributed by atoms with Gasteiger partial charge in [-0.3, -0.25) is 9.69 Å². The largest absolute Gasteiger partial charge is 0.380 e. The molecule has 0 aliphatic carbocycles. The highest BCUT2D eigenvalue weighted by molar-refractivity contribution is 9.10. The number of imide groups is 1. The summed E-state index contributed by atoms with van der Waals surface area (Å²) in [5, 5.41) is 2.76. The fraction of sp³-hybridized carbons (Fsp3) is 0.429. The van der Waals surface area contributed by atoms with E-state index in [0.29, 0.717) is 13.2 Å². The quantitative estimate of drug-likeness (QED) is 0.660. The second-order valence-corrected chi connectivity index (χ2v) is 5.63. The number of rotatable bonds is 5. The van der Waals surface area contributed by atoms with Crippen LogP contribution in [0.5, 0.6) is 0 Å². The number of carbonyl (C=O) groups excluding carboxylic acids is 2. The van der Waals surface area contributed by atoms with Gasteiger partial charge < -0.3 is 10.1 Å². The van der Waals surface area contributed by atoms with Crippen molar-refractivity contribution >= 4 is 27.9 Å². The van der Waals surface area contributed by atoms with E-state index in [1.807, 2.05) is 31.2 Å². The number of hydrogen-bond donors (Lipinski definition) is 1. The Morgan fingerprint density at radius 3 is 2.80 bits per heavy atom. The van der Waals surface area contributed by atoms with E-state index in [-0.39, 0.29) is 18.5 Å². The van der Waals surface area contributed by atoms with Crippen molar-refractivity contribution in [1.82, 2.24) is 10.2 Å². The molecule has 1 N–H and O–H groups in total. The third-order valence-electron chi connectivity index (χ3n) is 3.34. The Morgan fingerprint density at radius 2 is 2.15 bits per heavy atom. The van der Waals surface area contributed by atoms with Crippen LogP contribution in [0.4, 0.5) is 4.79 Å². The van der Waals surface area contributed by atoms with Crippen molar-refractivity contribution in [2.24, 2.45) is 0 Å². The zero-order valence-corrected chi connectivity index (χ0v) is 13.1. The lowest BCUT2D eigenvalue weighted by Gasteiger charge is -2.22. The van der Waals surface area contributed by atoms with E-state index in [1.54, 1.807) is 6.92 Å². The summed E-state index contributed by atoms with van der Waals surface area (Å²) in [6, 6.07) is 7.00. The maximum atomic E-state index is 12.5. The number of ether oxygens (including phenoxy) is 1. The van der Waals surface area contributed by atoms with Gasteiger partial charge in [-0.1, -0.05) is 28.1 Å². The van der Waals surface area contributed by atoms with E-state index in [4.69, 9.17) is 4.74 Å². The van der Waals surface area contributed by atoms with Gasteiger partial charge in [0.1, 0.15) is 5.54 Å². The molecule has 108 valence electrons. The van der Waals surface area contributed by atoms with Crippen molar-refractivity contribution in [2.45, 2.75) is 19.4 Å². The smallest absolute Gasteiger partial charge is 0.325 e. The molecular weight excluding hydrogens is 324 g/mol. The molecule has 6 heteroatoms. The van der Waals surface area contributed by atoms with Crippen LogP contribution >= 0.6 is 15.9 Å². The first-order chi connectivity index (χ1) is 9.49. The van der Waals surface area contributed by atoms with Gasteiger partial charge >= 0.3 is 6.03 Å². The van der Waals surface area contributed by atoms with Gasteiger partial charge in [-0.15, -0.1) is 0 Å². The van der Waals surface area contributed by atoms with Crippen LogP contribution in [0.2, 0.25) is 0 Å². The molecule has 0 unspecified atom stereocenters. The van der Waals surface area contributed by atoms with Crippen molar-refractivity contribution in [3.05, 3.63) is 34.3 Å². The minimum Gasteiger partial charge on any atom is -0.380 e. The van der Waals surface area contributed by atoms with Crippen LogP contribution in [-0.4, -0.2) is 36.6 Å². The lowest BCUT2D eigenvalue weighted by Crippen LogP contribution is -2.41. The van der Waals surface area contributed by atoms with E-state index in [9.17, 15) is 9.59 Å². The highest BCUT2D eigenvalue weighted by Gasteiger charge is 2.48. The number of benzene rings is 1. The molecule has 0 spiro atoms. The lowest BCUT2D eigenvalue weighted by atomic mass is 9.92. The third kappa shape index (κ3) is 2.71. The van der Waals surface area contributed by atoms with Crippen molar-refractivity contribution in [1.29, 1.82) is 0 Å². The average Bonchev–Trinajstić information content (AvgIpc) is 2.63. The second-order valence-electron chi connectivity index (χ2n) is 4.72. The van der Waals surface area contributed by atoms with Gasteiger partial charge in [-0.2, -0.15) is 0 Å². The van der Waals surface area contributed by atoms with Crippen LogP contribution in [0.15, 0.2) is 28.7 Å². The SMILES string of the molecule is CCOCCN1C(=O)N[C@](C)(c2cccc(Br)c2)C1=O. The first kappa shape index (κ1) is 15.0. The molecule has 1 aliphatic rings. The normalized spacial score (nSPS) is 22.2. The summed E-state index contributed by atoms with van der Waals surface area (Å²) in [5.41, 5.74) is -0.267. The first-order valence-electron chi connectivity index (χ1n) is 6.47. The molecule has 1 aromatic rings. The van der Waals surface area contributed by atoms with Gasteiger partial charge in [0.2, 0.25) is 0 Å². The molecule has 0 bridgehead atoms. The van der Waals surface area contributed by atoms with E-state index in [1.165, 1.54) is 4.90 Å². The van der Waals surface area contributed by atoms with Gasteiger partial charge in [0.15, 0.2) is 0 Å². The molecule has 0 saturated carbocycles. The average molecular weight is 341 g/mol. The highest BCUT2D eigenvalue weighted by Crippen LogP contribution is 2.30. The third-order valence-corrected chi connectivity index (χ3v) is 3.83. The summed E-state index contributed by atoms with van der Waals surface area (Å²) in [5.74, 6) is -0.250. The molecule has 1 fully saturated rings. The van der Waals surface area contributed by atoms with Crippen LogP contribution in [0.1, 0.15) is 19.4 Å². The van der Waals surface area contributed by atoms with Crippen molar-refractivity contribution < 1.29 is 14.3 Å². The number of carbonyl (C=O) groups is 2. The number of nitrogens with one attached hydrogen (secondary N) is 1. The number of urea groups is 1. The Bertz CT molecular complexity index is 535. The van der Waals surface area contributed by atoms with Gasteiger partial charge in [-0.25, -0.2) is 4.79 Å². The van der Waals surface area contributed by atoms with Crippen molar-refractivity contribution in [3.63, 3.8) is 0 Å². The lowest BCUT2D eigenvalue weighted by molar-refractivity contribution is -0.131. The molecule has 1 saturated heterocycles. The Balaban J connectivity index is 2.21. The van der Waals surface area contributed by atoms with Crippen LogP contribution < -0.4 is 5.32 Å². The number of nitrogens with zero attached hydrogens (tertiary/aromatic N) is 1. The molecule has 0 aromatic heterocycles. The number of halogens is 1. The number of hydrogen-bond acceptors (Lipinski definition) is 3. The molecule has 2 rings (SSSR count). The molecule has 5 nitrogen and oxygen atoms in total. The summed E-state index contributed by atoms with van der Waals surface area (Å²) >= 11 is 3.38. The first-order valence-corrected chi connectivity index (χ1v) is 7.26. The molecule has 20 heavy (non-hydrogen) atoms. The molecule has 1 atom stereocenters. The molecule has 1 aliphatic heterocycles. The van der Waals surface area contributed by atoms with E-state index < -0.39 is 5.54 Å². The predicted octanol–water partition coefficient (Wildman–Crippen LogP) is 2.25. The molecular formula is C14H17BrN2O3. The van der Waals surface area contributed by atoms with E-state index >= 15 is 0 Å². The minimum absolute atomic E-state index is 0.250. The van der Waals surface area contributed by atoms with Gasteiger partial charge in [-0.05, 0) is 31.5 Å². The molecule has 1 heterocycles. The summed E-state index contributed by atoms with van der Waals surface area (Å²) < 4.78 is 6.07. The zero-order valence-electron chi connectivity index (χ0n) is 11.5. The topological polar surface area (TPSA) is 58.6 Å². The standard InChI is InChI=1S/C14H17BrN2O3/c1-3-20-8-7-17-12(18)14(2,16-13(17)19)10-5-4-6-11(15)9-10/h4-6,9H,3,7-8H2,1-2H3,(H,16,19)/t14-/m1/s1. The Hall–Kier alpha value is -1.40. The van der Waals surface area contributed by atoms with Gasteiger partial charge in [0.05, 0.1) is 13.2 Å². The second kappa shape index (κ2) is 5.93. The zero-order chi connectivity index (χ0) is 14.8. The van der Waals surface area contributed by atoms with Crippen LogP contribution in [0.25, 0.3) is 0 Å². The Labute approximate surface area is 126 Å². The van der Waals surface area contributed by atoms with Crippen molar-refractivity contribution in [3.8, 4) is 0 Å². The summed E-state index contributed by atoms with van der Waals surface area (Å²) in [6.45, 7) is 4.77. The van der Waals surface area contributed by atoms with E-state index in [2.05, 4.69) is 21.2 Å². The summed E-state index contributed by atoms with van der Waals surface area (Å²) in [4.78, 5) is 25.7. The Morgan fingerprint density at radius 1 is 1.40 bits per heavy atom. The highest BCUT2D eigenvalue weighted by atomic mass is 79.9. The fourth-order valence-electron chi connectivity index (χ4n) is 2.20. The minimum atomic E-state index is -1.02. The maximum Gasteiger partial charge on any atom is 0.325 e.